The van der Waals surface area contributed by atoms with Gasteiger partial charge in [0.05, 0.1) is 0 Å². The Bertz CT molecular complexity index is 29.3. The third-order valence-corrected chi connectivity index (χ3v) is 1.71. The van der Waals surface area contributed by atoms with E-state index < -0.39 is 0 Å². The second-order valence-electron chi connectivity index (χ2n) is 3.35. The van der Waals surface area contributed by atoms with Gasteiger partial charge < -0.3 is 0 Å². The Kier molecular flexibility index (Phi) is 112. The zero-order valence-electron chi connectivity index (χ0n) is 12.9. The number of rotatable bonds is 4. The number of unbranched alkanes of at least 4 members (excludes halogenated alkanes) is 4. The summed E-state index contributed by atoms with van der Waals surface area (Å²) >= 11 is 0. The first-order valence-electron chi connectivity index (χ1n) is 7.24. The highest BCUT2D eigenvalue weighted by atomic mass is 13.7. The zero-order valence-corrected chi connectivity index (χ0v) is 12.9. The molecular weight excluding hydrogens is 192 g/mol. The van der Waals surface area contributed by atoms with Gasteiger partial charge in [-0.25, -0.2) is 0 Å². The van der Waals surface area contributed by atoms with Crippen molar-refractivity contribution >= 4 is 0 Å². The van der Waals surface area contributed by atoms with Crippen LogP contribution in [0, 0.1) is 0 Å². The molecule has 0 aromatic heterocycles. The summed E-state index contributed by atoms with van der Waals surface area (Å²) < 4.78 is 0. The highest BCUT2D eigenvalue weighted by Crippen LogP contribution is 1.88. The molecule has 0 aromatic rings. The maximum atomic E-state index is 2.21. The quantitative estimate of drug-likeness (QED) is 0.473. The predicted molar refractivity (Wildman–Crippen MR) is 84.4 cm³/mol. The second-order valence-corrected chi connectivity index (χ2v) is 3.35. The van der Waals surface area contributed by atoms with E-state index >= 15 is 0 Å². The fraction of sp³-hybridized carbons (Fsp3) is 1.00. The van der Waals surface area contributed by atoms with Crippen LogP contribution in [0.2, 0.25) is 0 Å². The van der Waals surface area contributed by atoms with Crippen LogP contribution in [0.1, 0.15) is 108 Å². The van der Waals surface area contributed by atoms with E-state index in [2.05, 4.69) is 41.5 Å². The SMILES string of the molecule is C.CC.CCCC.CCCC.CCCCC. The van der Waals surface area contributed by atoms with E-state index in [1.54, 1.807) is 0 Å². The molecule has 0 unspecified atom stereocenters. The number of hydrogen-bond donors (Lipinski definition) is 0. The van der Waals surface area contributed by atoms with E-state index in [0.717, 1.165) is 0 Å². The standard InChI is InChI=1S/C5H12.2C4H10.C2H6.CH4/c1-3-5-4-2;2*1-3-4-2;1-2;/h3-5H2,1-2H3;2*3-4H2,1-2H3;1-2H3;1H4. The summed E-state index contributed by atoms with van der Waals surface area (Å²) in [6.45, 7) is 17.1. The second kappa shape index (κ2) is 60.0. The summed E-state index contributed by atoms with van der Waals surface area (Å²) in [7, 11) is 0. The maximum absolute atomic E-state index is 2.21. The smallest absolute Gasteiger partial charge is 0.0538 e. The van der Waals surface area contributed by atoms with Crippen LogP contribution in [-0.2, 0) is 0 Å². The van der Waals surface area contributed by atoms with Crippen molar-refractivity contribution in [3.05, 3.63) is 0 Å². The maximum Gasteiger partial charge on any atom is -0.0538 e. The van der Waals surface area contributed by atoms with E-state index in [0.29, 0.717) is 0 Å². The molecular formula is C16H42. The first kappa shape index (κ1) is 29.8. The minimum Gasteiger partial charge on any atom is -0.0776 e. The Morgan fingerprint density at radius 1 is 0.438 bits per heavy atom. The highest BCUT2D eigenvalue weighted by molar-refractivity contribution is 4.24. The minimum atomic E-state index is 0. The van der Waals surface area contributed by atoms with Gasteiger partial charge in [0.15, 0.2) is 0 Å². The Labute approximate surface area is 108 Å². The van der Waals surface area contributed by atoms with Gasteiger partial charge in [0.25, 0.3) is 0 Å². The van der Waals surface area contributed by atoms with Crippen LogP contribution in [0.4, 0.5) is 0 Å². The molecule has 0 N–H and O–H groups in total. The van der Waals surface area contributed by atoms with E-state index in [4.69, 9.17) is 0 Å². The molecule has 16 heavy (non-hydrogen) atoms. The zero-order chi connectivity index (χ0) is 12.9. The number of hydrogen-bond acceptors (Lipinski definition) is 0. The molecule has 0 heterocycles. The summed E-state index contributed by atoms with van der Waals surface area (Å²) in [5.41, 5.74) is 0. The average Bonchev–Trinajstić information content (AvgIpc) is 2.33. The minimum absolute atomic E-state index is 0. The molecule has 0 aliphatic rings. The fourth-order valence-electron chi connectivity index (χ4n) is 0.354. The van der Waals surface area contributed by atoms with E-state index in [1.165, 1.54) is 44.9 Å². The van der Waals surface area contributed by atoms with Crippen LogP contribution in [0.25, 0.3) is 0 Å². The molecule has 0 atom stereocenters. The largest absolute Gasteiger partial charge is 0.0776 e. The van der Waals surface area contributed by atoms with Crippen molar-refractivity contribution in [1.29, 1.82) is 0 Å². The van der Waals surface area contributed by atoms with Gasteiger partial charge in [0.1, 0.15) is 0 Å². The third kappa shape index (κ3) is 148. The van der Waals surface area contributed by atoms with Crippen LogP contribution in [-0.4, -0.2) is 0 Å². The summed E-state index contributed by atoms with van der Waals surface area (Å²) in [4.78, 5) is 0. The average molecular weight is 235 g/mol. The molecule has 0 bridgehead atoms. The third-order valence-electron chi connectivity index (χ3n) is 1.71. The molecule has 0 aliphatic carbocycles. The van der Waals surface area contributed by atoms with Gasteiger partial charge in [-0.2, -0.15) is 0 Å². The van der Waals surface area contributed by atoms with E-state index in [9.17, 15) is 0 Å². The van der Waals surface area contributed by atoms with Crippen molar-refractivity contribution in [3.8, 4) is 0 Å². The van der Waals surface area contributed by atoms with E-state index in [1.807, 2.05) is 13.8 Å². The van der Waals surface area contributed by atoms with Crippen molar-refractivity contribution in [2.24, 2.45) is 0 Å². The molecule has 0 nitrogen and oxygen atoms in total. The molecule has 0 rings (SSSR count). The van der Waals surface area contributed by atoms with Crippen molar-refractivity contribution in [3.63, 3.8) is 0 Å². The molecule has 106 valence electrons. The monoisotopic (exact) mass is 234 g/mol. The molecule has 0 fully saturated rings. The molecule has 0 heteroatoms. The van der Waals surface area contributed by atoms with Gasteiger partial charge in [-0.05, 0) is 0 Å². The van der Waals surface area contributed by atoms with Gasteiger partial charge in [0, 0.05) is 0 Å². The molecule has 0 aliphatic heterocycles. The summed E-state index contributed by atoms with van der Waals surface area (Å²) in [5.74, 6) is 0. The summed E-state index contributed by atoms with van der Waals surface area (Å²) in [6, 6.07) is 0. The van der Waals surface area contributed by atoms with Crippen LogP contribution in [0.3, 0.4) is 0 Å². The highest BCUT2D eigenvalue weighted by Gasteiger charge is 1.68. The Hall–Kier alpha value is 0. The molecule has 0 aromatic carbocycles. The molecule has 0 amide bonds. The molecule has 0 saturated heterocycles. The van der Waals surface area contributed by atoms with Crippen LogP contribution >= 0.6 is 0 Å². The van der Waals surface area contributed by atoms with Gasteiger partial charge >= 0.3 is 0 Å². The van der Waals surface area contributed by atoms with Crippen molar-refractivity contribution < 1.29 is 0 Å². The fourth-order valence-corrected chi connectivity index (χ4v) is 0.354. The first-order chi connectivity index (χ1) is 7.24. The van der Waals surface area contributed by atoms with Crippen LogP contribution in [0.15, 0.2) is 0 Å². The van der Waals surface area contributed by atoms with Crippen LogP contribution in [0.5, 0.6) is 0 Å². The van der Waals surface area contributed by atoms with Gasteiger partial charge in [0.2, 0.25) is 0 Å². The van der Waals surface area contributed by atoms with Crippen molar-refractivity contribution in [2.45, 2.75) is 108 Å². The Morgan fingerprint density at radius 3 is 0.625 bits per heavy atom. The van der Waals surface area contributed by atoms with Gasteiger partial charge in [-0.3, -0.25) is 0 Å². The predicted octanol–water partition coefficient (Wildman–Crippen LogP) is 7.47. The lowest BCUT2D eigenvalue weighted by atomic mass is 10.3. The van der Waals surface area contributed by atoms with E-state index in [-0.39, 0.29) is 7.43 Å². The molecule has 0 spiro atoms. The topological polar surface area (TPSA) is 0 Å². The van der Waals surface area contributed by atoms with Gasteiger partial charge in [-0.1, -0.05) is 108 Å². The van der Waals surface area contributed by atoms with Crippen molar-refractivity contribution in [1.82, 2.24) is 0 Å². The summed E-state index contributed by atoms with van der Waals surface area (Å²) in [6.07, 6.45) is 9.35. The van der Waals surface area contributed by atoms with Crippen molar-refractivity contribution in [2.75, 3.05) is 0 Å². The van der Waals surface area contributed by atoms with Gasteiger partial charge in [-0.15, -0.1) is 0 Å². The van der Waals surface area contributed by atoms with Crippen LogP contribution < -0.4 is 0 Å². The lowest BCUT2D eigenvalue weighted by Gasteiger charge is -1.79. The lowest BCUT2D eigenvalue weighted by Crippen LogP contribution is -1.59. The molecule has 0 radical (unpaired) electrons. The normalized spacial score (nSPS) is 6.75. The Balaban J connectivity index is -0.0000000343. The first-order valence-corrected chi connectivity index (χ1v) is 7.24. The Morgan fingerprint density at radius 2 is 0.625 bits per heavy atom. The lowest BCUT2D eigenvalue weighted by molar-refractivity contribution is 0.772. The summed E-state index contributed by atoms with van der Waals surface area (Å²) in [5, 5.41) is 0. The molecule has 0 saturated carbocycles.